The molecular formula is C27H22N2O5S. The zero-order valence-electron chi connectivity index (χ0n) is 18.9. The first-order valence-electron chi connectivity index (χ1n) is 10.9. The van der Waals surface area contributed by atoms with Crippen LogP contribution in [0.15, 0.2) is 79.0 Å². The van der Waals surface area contributed by atoms with Gasteiger partial charge in [-0.3, -0.25) is 9.78 Å². The van der Waals surface area contributed by atoms with Crippen molar-refractivity contribution in [2.75, 3.05) is 18.5 Å². The van der Waals surface area contributed by atoms with E-state index in [1.807, 2.05) is 60.7 Å². The number of nitrogens with zero attached hydrogens (tertiary/aromatic N) is 1. The van der Waals surface area contributed by atoms with Gasteiger partial charge in [0.1, 0.15) is 4.88 Å². The molecule has 0 bridgehead atoms. The molecule has 0 atom stereocenters. The first-order chi connectivity index (χ1) is 17.0. The number of nitrogens with one attached hydrogen (secondary N) is 1. The fourth-order valence-corrected chi connectivity index (χ4v) is 4.38. The monoisotopic (exact) mass is 486 g/mol. The average molecular weight is 487 g/mol. The van der Waals surface area contributed by atoms with Crippen molar-refractivity contribution in [2.24, 2.45) is 0 Å². The molecule has 0 aliphatic rings. The number of esters is 2. The smallest absolute Gasteiger partial charge is 0.350 e. The number of pyridine rings is 1. The Morgan fingerprint density at radius 1 is 1.00 bits per heavy atom. The molecule has 1 N–H and O–H groups in total. The van der Waals surface area contributed by atoms with Crippen molar-refractivity contribution < 1.29 is 23.9 Å². The van der Waals surface area contributed by atoms with Crippen molar-refractivity contribution in [1.29, 1.82) is 0 Å². The van der Waals surface area contributed by atoms with E-state index in [2.05, 4.69) is 10.3 Å². The Balaban J connectivity index is 1.41. The van der Waals surface area contributed by atoms with Gasteiger partial charge >= 0.3 is 11.9 Å². The fraction of sp³-hybridized carbons (Fsp3) is 0.111. The summed E-state index contributed by atoms with van der Waals surface area (Å²) in [6, 6.07) is 20.6. The summed E-state index contributed by atoms with van der Waals surface area (Å²) in [6.45, 7) is 1.42. The summed E-state index contributed by atoms with van der Waals surface area (Å²) < 4.78 is 10.2. The van der Waals surface area contributed by atoms with Gasteiger partial charge in [-0.1, -0.05) is 54.6 Å². The second-order valence-corrected chi connectivity index (χ2v) is 8.40. The number of benzene rings is 2. The van der Waals surface area contributed by atoms with Crippen LogP contribution in [0.5, 0.6) is 0 Å². The van der Waals surface area contributed by atoms with Crippen LogP contribution in [0, 0.1) is 0 Å². The van der Waals surface area contributed by atoms with Crippen LogP contribution < -0.4 is 5.32 Å². The lowest BCUT2D eigenvalue weighted by Gasteiger charge is -2.06. The molecular weight excluding hydrogens is 464 g/mol. The van der Waals surface area contributed by atoms with Crippen molar-refractivity contribution in [2.45, 2.75) is 6.92 Å². The maximum Gasteiger partial charge on any atom is 0.350 e. The number of thiophene rings is 1. The van der Waals surface area contributed by atoms with Crippen molar-refractivity contribution in [3.8, 4) is 10.4 Å². The number of para-hydroxylation sites is 1. The van der Waals surface area contributed by atoms with Gasteiger partial charge < -0.3 is 14.8 Å². The number of hydrogen-bond acceptors (Lipinski definition) is 7. The quantitative estimate of drug-likeness (QED) is 0.267. The van der Waals surface area contributed by atoms with Gasteiger partial charge in [0, 0.05) is 28.1 Å². The first-order valence-corrected chi connectivity index (χ1v) is 11.7. The number of rotatable bonds is 8. The third-order valence-corrected chi connectivity index (χ3v) is 6.10. The number of fused-ring (bicyclic) bond motifs is 1. The molecule has 0 saturated heterocycles. The van der Waals surface area contributed by atoms with Gasteiger partial charge in [-0.05, 0) is 30.7 Å². The van der Waals surface area contributed by atoms with Crippen molar-refractivity contribution >= 4 is 51.8 Å². The molecule has 2 aromatic carbocycles. The zero-order chi connectivity index (χ0) is 24.6. The van der Waals surface area contributed by atoms with Gasteiger partial charge in [-0.25, -0.2) is 9.59 Å². The van der Waals surface area contributed by atoms with Gasteiger partial charge in [0.15, 0.2) is 6.61 Å². The number of hydrogen-bond donors (Lipinski definition) is 1. The van der Waals surface area contributed by atoms with Crippen molar-refractivity contribution in [3.63, 3.8) is 0 Å². The Labute approximate surface area is 206 Å². The van der Waals surface area contributed by atoms with E-state index in [-0.39, 0.29) is 11.5 Å². The maximum absolute atomic E-state index is 12.5. The summed E-state index contributed by atoms with van der Waals surface area (Å²) >= 11 is 1.22. The summed E-state index contributed by atoms with van der Waals surface area (Å²) in [5.74, 6) is -1.77. The third-order valence-electron chi connectivity index (χ3n) is 4.93. The standard InChI is InChI=1S/C27H22N2O5S/c1-2-33-27(32)26-21(16-22(35-26)18-8-4-3-5-9-18)29-23(30)17-34-24(31)14-13-20-11-6-10-19-12-7-15-28-25(19)20/h3-16H,2,17H2,1H3,(H,29,30)/b14-13+. The topological polar surface area (TPSA) is 94.6 Å². The number of aromatic nitrogens is 1. The van der Waals surface area contributed by atoms with E-state index in [9.17, 15) is 14.4 Å². The minimum atomic E-state index is -0.672. The highest BCUT2D eigenvalue weighted by molar-refractivity contribution is 7.18. The van der Waals surface area contributed by atoms with E-state index in [4.69, 9.17) is 9.47 Å². The lowest BCUT2D eigenvalue weighted by molar-refractivity contribution is -0.142. The Bertz CT molecular complexity index is 1390. The molecule has 0 radical (unpaired) electrons. The SMILES string of the molecule is CCOC(=O)c1sc(-c2ccccc2)cc1NC(=O)COC(=O)/C=C/c1cccc2cccnc12. The van der Waals surface area contributed by atoms with E-state index in [1.165, 1.54) is 17.4 Å². The normalized spacial score (nSPS) is 10.9. The van der Waals surface area contributed by atoms with E-state index in [0.29, 0.717) is 5.69 Å². The van der Waals surface area contributed by atoms with Crippen molar-refractivity contribution in [3.05, 3.63) is 89.4 Å². The molecule has 0 aliphatic carbocycles. The summed E-state index contributed by atoms with van der Waals surface area (Å²) in [5.41, 5.74) is 2.74. The predicted octanol–water partition coefficient (Wildman–Crippen LogP) is 5.34. The molecule has 0 aliphatic heterocycles. The summed E-state index contributed by atoms with van der Waals surface area (Å²) in [6.07, 6.45) is 4.53. The van der Waals surface area contributed by atoms with E-state index >= 15 is 0 Å². The molecule has 4 rings (SSSR count). The summed E-state index contributed by atoms with van der Waals surface area (Å²) in [7, 11) is 0. The van der Waals surface area contributed by atoms with Crippen LogP contribution in [0.2, 0.25) is 0 Å². The van der Waals surface area contributed by atoms with Gasteiger partial charge in [0.2, 0.25) is 0 Å². The lowest BCUT2D eigenvalue weighted by atomic mass is 10.1. The molecule has 0 spiro atoms. The van der Waals surface area contributed by atoms with E-state index in [1.54, 1.807) is 25.3 Å². The Kier molecular flexibility index (Phi) is 7.64. The highest BCUT2D eigenvalue weighted by Gasteiger charge is 2.20. The van der Waals surface area contributed by atoms with Crippen LogP contribution >= 0.6 is 11.3 Å². The number of anilines is 1. The average Bonchev–Trinajstić information content (AvgIpc) is 3.30. The van der Waals surface area contributed by atoms with Crippen molar-refractivity contribution in [1.82, 2.24) is 4.98 Å². The molecule has 176 valence electrons. The molecule has 35 heavy (non-hydrogen) atoms. The Morgan fingerprint density at radius 3 is 2.60 bits per heavy atom. The maximum atomic E-state index is 12.5. The van der Waals surface area contributed by atoms with E-state index < -0.39 is 24.5 Å². The van der Waals surface area contributed by atoms with Crippen LogP contribution in [-0.2, 0) is 19.1 Å². The molecule has 0 saturated carbocycles. The lowest BCUT2D eigenvalue weighted by Crippen LogP contribution is -2.21. The van der Waals surface area contributed by atoms with Crippen LogP contribution in [-0.4, -0.2) is 36.0 Å². The molecule has 4 aromatic rings. The van der Waals surface area contributed by atoms with E-state index in [0.717, 1.165) is 26.9 Å². The largest absolute Gasteiger partial charge is 0.462 e. The number of amides is 1. The second-order valence-electron chi connectivity index (χ2n) is 7.35. The van der Waals surface area contributed by atoms with Gasteiger partial charge in [0.05, 0.1) is 17.8 Å². The first kappa shape index (κ1) is 23.8. The predicted molar refractivity (Wildman–Crippen MR) is 136 cm³/mol. The minimum Gasteiger partial charge on any atom is -0.462 e. The highest BCUT2D eigenvalue weighted by Crippen LogP contribution is 2.35. The van der Waals surface area contributed by atoms with Crippen LogP contribution in [0.1, 0.15) is 22.2 Å². The molecule has 1 amide bonds. The van der Waals surface area contributed by atoms with Crippen LogP contribution in [0.25, 0.3) is 27.4 Å². The molecule has 8 heteroatoms. The summed E-state index contributed by atoms with van der Waals surface area (Å²) in [4.78, 5) is 42.5. The highest BCUT2D eigenvalue weighted by atomic mass is 32.1. The Morgan fingerprint density at radius 2 is 1.80 bits per heavy atom. The van der Waals surface area contributed by atoms with Crippen LogP contribution in [0.3, 0.4) is 0 Å². The van der Waals surface area contributed by atoms with Gasteiger partial charge in [-0.15, -0.1) is 11.3 Å². The number of carbonyl (C=O) groups excluding carboxylic acids is 3. The zero-order valence-corrected chi connectivity index (χ0v) is 19.7. The fourth-order valence-electron chi connectivity index (χ4n) is 3.37. The minimum absolute atomic E-state index is 0.209. The van der Waals surface area contributed by atoms with Crippen LogP contribution in [0.4, 0.5) is 5.69 Å². The van der Waals surface area contributed by atoms with Gasteiger partial charge in [0.25, 0.3) is 5.91 Å². The molecule has 2 aromatic heterocycles. The molecule has 7 nitrogen and oxygen atoms in total. The number of ether oxygens (including phenoxy) is 2. The second kappa shape index (κ2) is 11.2. The number of carbonyl (C=O) groups is 3. The molecule has 0 fully saturated rings. The Hall–Kier alpha value is -4.30. The summed E-state index contributed by atoms with van der Waals surface area (Å²) in [5, 5.41) is 3.60. The van der Waals surface area contributed by atoms with Gasteiger partial charge in [-0.2, -0.15) is 0 Å². The molecule has 2 heterocycles. The molecule has 0 unspecified atom stereocenters. The third kappa shape index (κ3) is 5.99.